The van der Waals surface area contributed by atoms with Crippen LogP contribution in [-0.4, -0.2) is 15.3 Å². The zero-order valence-electron chi connectivity index (χ0n) is 5.11. The van der Waals surface area contributed by atoms with Crippen molar-refractivity contribution in [3.05, 3.63) is 0 Å². The summed E-state index contributed by atoms with van der Waals surface area (Å²) in [6.45, 7) is 0. The summed E-state index contributed by atoms with van der Waals surface area (Å²) in [6.07, 6.45) is 3.24. The lowest BCUT2D eigenvalue weighted by Crippen LogP contribution is -1.88. The molecule has 1 atom stereocenters. The van der Waals surface area contributed by atoms with Gasteiger partial charge >= 0.3 is 0 Å². The monoisotopic (exact) mass is 232 g/mol. The van der Waals surface area contributed by atoms with Gasteiger partial charge in [0.15, 0.2) is 0 Å². The highest BCUT2D eigenvalue weighted by Gasteiger charge is 1.92. The molecule has 9 heavy (non-hydrogen) atoms. The summed E-state index contributed by atoms with van der Waals surface area (Å²) in [7, 11) is 4.11. The van der Waals surface area contributed by atoms with Crippen LogP contribution in [0.2, 0.25) is 0 Å². The minimum Gasteiger partial charge on any atom is -0.243 e. The fourth-order valence-electron chi connectivity index (χ4n) is 0.487. The fourth-order valence-corrected chi connectivity index (χ4v) is 1.64. The van der Waals surface area contributed by atoms with Crippen LogP contribution < -0.4 is 0 Å². The van der Waals surface area contributed by atoms with E-state index in [-0.39, 0.29) is 0 Å². The summed E-state index contributed by atoms with van der Waals surface area (Å²) in [4.78, 5) is 0. The third kappa shape index (κ3) is 8.92. The topological polar surface area (TPSA) is 17.1 Å². The van der Waals surface area contributed by atoms with Gasteiger partial charge in [0.25, 0.3) is 0 Å². The smallest absolute Gasteiger partial charge is 0.114 e. The molecule has 0 aromatic rings. The van der Waals surface area contributed by atoms with Crippen molar-refractivity contribution in [3.8, 4) is 0 Å². The van der Waals surface area contributed by atoms with Gasteiger partial charge in [0.05, 0.1) is 0 Å². The SMILES string of the molecule is O=S(Cl)CCCCCBr. The molecule has 0 aliphatic rings. The minimum atomic E-state index is -1.11. The Labute approximate surface area is 71.2 Å². The first-order chi connectivity index (χ1) is 4.27. The molecule has 0 saturated heterocycles. The van der Waals surface area contributed by atoms with E-state index in [1.165, 1.54) is 0 Å². The Hall–Kier alpha value is 0.920. The van der Waals surface area contributed by atoms with Crippen LogP contribution in [0.3, 0.4) is 0 Å². The first-order valence-corrected chi connectivity index (χ1v) is 6.14. The van der Waals surface area contributed by atoms with Gasteiger partial charge in [0, 0.05) is 11.1 Å². The highest BCUT2D eigenvalue weighted by Crippen LogP contribution is 2.01. The van der Waals surface area contributed by atoms with E-state index in [1.54, 1.807) is 0 Å². The standard InChI is InChI=1S/C5H10BrClOS/c6-4-2-1-3-5-9(7)8/h1-5H2. The Kier molecular flexibility index (Phi) is 7.75. The number of hydrogen-bond acceptors (Lipinski definition) is 1. The van der Waals surface area contributed by atoms with Crippen LogP contribution in [0.1, 0.15) is 19.3 Å². The van der Waals surface area contributed by atoms with Crippen LogP contribution in [0.25, 0.3) is 0 Å². The molecule has 0 aromatic carbocycles. The number of hydrogen-bond donors (Lipinski definition) is 0. The quantitative estimate of drug-likeness (QED) is 0.405. The molecular weight excluding hydrogens is 223 g/mol. The first-order valence-electron chi connectivity index (χ1n) is 2.88. The Morgan fingerprint density at radius 1 is 1.33 bits per heavy atom. The van der Waals surface area contributed by atoms with E-state index in [4.69, 9.17) is 10.7 Å². The lowest BCUT2D eigenvalue weighted by atomic mass is 10.3. The van der Waals surface area contributed by atoms with Gasteiger partial charge in [-0.1, -0.05) is 22.4 Å². The third-order valence-electron chi connectivity index (χ3n) is 0.938. The molecule has 0 amide bonds. The molecule has 56 valence electrons. The number of unbranched alkanes of at least 4 members (excludes halogenated alkanes) is 2. The molecule has 0 spiro atoms. The predicted molar refractivity (Wildman–Crippen MR) is 46.5 cm³/mol. The molecule has 0 heterocycles. The van der Waals surface area contributed by atoms with Crippen molar-refractivity contribution in [2.75, 3.05) is 11.1 Å². The van der Waals surface area contributed by atoms with Gasteiger partial charge in [-0.25, -0.2) is 4.21 Å². The van der Waals surface area contributed by atoms with Crippen LogP contribution in [-0.2, 0) is 10.0 Å². The molecule has 1 nitrogen and oxygen atoms in total. The van der Waals surface area contributed by atoms with Crippen LogP contribution >= 0.6 is 26.6 Å². The van der Waals surface area contributed by atoms with Crippen molar-refractivity contribution in [1.82, 2.24) is 0 Å². The normalized spacial score (nSPS) is 13.6. The van der Waals surface area contributed by atoms with Gasteiger partial charge in [-0.05, 0) is 23.5 Å². The van der Waals surface area contributed by atoms with E-state index in [1.807, 2.05) is 0 Å². The van der Waals surface area contributed by atoms with Crippen molar-refractivity contribution in [3.63, 3.8) is 0 Å². The first kappa shape index (κ1) is 9.92. The van der Waals surface area contributed by atoms with Crippen molar-refractivity contribution in [2.45, 2.75) is 19.3 Å². The molecule has 4 heteroatoms. The molecular formula is C5H10BrClOS. The van der Waals surface area contributed by atoms with Gasteiger partial charge in [-0.3, -0.25) is 0 Å². The van der Waals surface area contributed by atoms with Gasteiger partial charge < -0.3 is 0 Å². The summed E-state index contributed by atoms with van der Waals surface area (Å²) < 4.78 is 10.3. The average molecular weight is 234 g/mol. The molecule has 0 fully saturated rings. The van der Waals surface area contributed by atoms with E-state index >= 15 is 0 Å². The number of alkyl halides is 1. The summed E-state index contributed by atoms with van der Waals surface area (Å²) in [5.74, 6) is 0.633. The zero-order valence-corrected chi connectivity index (χ0v) is 8.27. The highest BCUT2D eigenvalue weighted by molar-refractivity contribution is 9.09. The van der Waals surface area contributed by atoms with E-state index in [0.29, 0.717) is 5.75 Å². The molecule has 0 bridgehead atoms. The van der Waals surface area contributed by atoms with Crippen molar-refractivity contribution in [2.24, 2.45) is 0 Å². The summed E-state index contributed by atoms with van der Waals surface area (Å²) >= 11 is 3.31. The Balaban J connectivity index is 2.83. The molecule has 1 unspecified atom stereocenters. The number of rotatable bonds is 5. The molecule has 0 rings (SSSR count). The Bertz CT molecular complexity index is 89.0. The van der Waals surface area contributed by atoms with Crippen LogP contribution in [0.4, 0.5) is 0 Å². The lowest BCUT2D eigenvalue weighted by molar-refractivity contribution is 0.685. The average Bonchev–Trinajstić information content (AvgIpc) is 1.80. The minimum absolute atomic E-state index is 0.633. The molecule has 0 aromatic heterocycles. The van der Waals surface area contributed by atoms with Crippen molar-refractivity contribution < 1.29 is 4.21 Å². The van der Waals surface area contributed by atoms with E-state index in [0.717, 1.165) is 24.6 Å². The second kappa shape index (κ2) is 7.03. The number of halogens is 2. The molecule has 0 radical (unpaired) electrons. The molecule has 0 N–H and O–H groups in total. The second-order valence-electron chi connectivity index (χ2n) is 1.74. The second-order valence-corrected chi connectivity index (χ2v) is 4.56. The van der Waals surface area contributed by atoms with Crippen LogP contribution in [0, 0.1) is 0 Å². The Morgan fingerprint density at radius 2 is 2.00 bits per heavy atom. The van der Waals surface area contributed by atoms with Crippen LogP contribution in [0.5, 0.6) is 0 Å². The van der Waals surface area contributed by atoms with E-state index in [9.17, 15) is 4.21 Å². The summed E-state index contributed by atoms with van der Waals surface area (Å²) in [5, 5.41) is 1.03. The molecule has 0 saturated carbocycles. The molecule has 0 aliphatic carbocycles. The lowest BCUT2D eigenvalue weighted by Gasteiger charge is -1.92. The maximum Gasteiger partial charge on any atom is 0.114 e. The van der Waals surface area contributed by atoms with Crippen molar-refractivity contribution >= 4 is 36.6 Å². The van der Waals surface area contributed by atoms with E-state index < -0.39 is 10.0 Å². The predicted octanol–water partition coefficient (Wildman–Crippen LogP) is 2.45. The van der Waals surface area contributed by atoms with Gasteiger partial charge in [0.1, 0.15) is 10.0 Å². The molecule has 0 aliphatic heterocycles. The largest absolute Gasteiger partial charge is 0.243 e. The fraction of sp³-hybridized carbons (Fsp3) is 1.00. The maximum absolute atomic E-state index is 10.3. The van der Waals surface area contributed by atoms with Gasteiger partial charge in [0.2, 0.25) is 0 Å². The Morgan fingerprint density at radius 3 is 2.44 bits per heavy atom. The highest BCUT2D eigenvalue weighted by atomic mass is 79.9. The summed E-state index contributed by atoms with van der Waals surface area (Å²) in [6, 6.07) is 0. The summed E-state index contributed by atoms with van der Waals surface area (Å²) in [5.41, 5.74) is 0. The van der Waals surface area contributed by atoms with Gasteiger partial charge in [-0.15, -0.1) is 0 Å². The van der Waals surface area contributed by atoms with Gasteiger partial charge in [-0.2, -0.15) is 0 Å². The zero-order chi connectivity index (χ0) is 7.11. The van der Waals surface area contributed by atoms with E-state index in [2.05, 4.69) is 15.9 Å². The maximum atomic E-state index is 10.3. The van der Waals surface area contributed by atoms with Crippen molar-refractivity contribution in [1.29, 1.82) is 0 Å². The van der Waals surface area contributed by atoms with Crippen LogP contribution in [0.15, 0.2) is 0 Å². The third-order valence-corrected chi connectivity index (χ3v) is 2.57.